The average Bonchev–Trinajstić information content (AvgIpc) is 4.16. The second-order valence-corrected chi connectivity index (χ2v) is 20.3. The van der Waals surface area contributed by atoms with Gasteiger partial charge in [0.2, 0.25) is 11.8 Å². The first-order valence-electron chi connectivity index (χ1n) is 22.4. The maximum absolute atomic E-state index is 13.7. The maximum Gasteiger partial charge on any atom is 0.223 e. The highest BCUT2D eigenvalue weighted by Crippen LogP contribution is 2.53. The highest BCUT2D eigenvalue weighted by Gasteiger charge is 2.57. The van der Waals surface area contributed by atoms with E-state index in [1.807, 2.05) is 47.2 Å². The normalized spacial score (nSPS) is 22.2. The lowest BCUT2D eigenvalue weighted by atomic mass is 9.66. The van der Waals surface area contributed by atoms with Gasteiger partial charge in [-0.15, -0.1) is 69.1 Å². The van der Waals surface area contributed by atoms with Gasteiger partial charge in [0.25, 0.3) is 0 Å². The number of rotatable bonds is 10. The van der Waals surface area contributed by atoms with Gasteiger partial charge >= 0.3 is 0 Å². The Morgan fingerprint density at radius 3 is 1.36 bits per heavy atom. The minimum Gasteiger partial charge on any atom is -0.356 e. The van der Waals surface area contributed by atoms with Gasteiger partial charge in [-0.1, -0.05) is 88.1 Å². The van der Waals surface area contributed by atoms with E-state index in [1.54, 1.807) is 0 Å². The van der Waals surface area contributed by atoms with Gasteiger partial charge in [-0.2, -0.15) is 0 Å². The van der Waals surface area contributed by atoms with E-state index in [9.17, 15) is 19.2 Å². The number of piperidine rings is 2. The van der Waals surface area contributed by atoms with Crippen LogP contribution in [0.15, 0.2) is 83.6 Å². The van der Waals surface area contributed by atoms with E-state index >= 15 is 0 Å². The lowest BCUT2D eigenvalue weighted by Crippen LogP contribution is -2.61. The van der Waals surface area contributed by atoms with Crippen molar-refractivity contribution in [3.8, 4) is 0 Å². The number of thiophene rings is 2. The highest BCUT2D eigenvalue weighted by atomic mass is 35.5. The maximum atomic E-state index is 13.7. The SMILES string of the molecule is CCCC[C@]12c3[nH]c4ccccc4c3CCN1C(=O)CC[C@@H]2C(=O)c1cccs1.CCCC[C@]12c3[nH]c4ccccc4c3CCN1C(=O)CC[C@@H]2C(=O)c1cccs1.ClCCl.ClCCl. The van der Waals surface area contributed by atoms with Crippen molar-refractivity contribution >= 4 is 114 Å². The van der Waals surface area contributed by atoms with Crippen molar-refractivity contribution in [3.05, 3.63) is 116 Å². The Bertz CT molecular complexity index is 2360. The Morgan fingerprint density at radius 2 is 1.00 bits per heavy atom. The molecule has 0 saturated carbocycles. The highest BCUT2D eigenvalue weighted by molar-refractivity contribution is 7.12. The van der Waals surface area contributed by atoms with Gasteiger partial charge in [0.1, 0.15) is 0 Å². The van der Waals surface area contributed by atoms with Crippen molar-refractivity contribution in [2.45, 2.75) is 102 Å². The van der Waals surface area contributed by atoms with Crippen molar-refractivity contribution in [1.82, 2.24) is 19.8 Å². The minimum absolute atomic E-state index is 0.194. The monoisotopic (exact) mass is 980 g/mol. The van der Waals surface area contributed by atoms with Gasteiger partial charge in [-0.05, 0) is 84.7 Å². The molecule has 0 unspecified atom stereocenters. The third kappa shape index (κ3) is 8.96. The second kappa shape index (κ2) is 21.8. The number of unbranched alkanes of at least 4 members (excludes halogenated alkanes) is 2. The number of nitrogens with zero attached hydrogens (tertiary/aromatic N) is 2. The molecular formula is C50H56Cl4N4O4S2. The number of fused-ring (bicyclic) bond motifs is 10. The number of para-hydroxylation sites is 2. The number of carbonyl (C=O) groups excluding carboxylic acids is 4. The zero-order chi connectivity index (χ0) is 45.4. The number of hydrogen-bond acceptors (Lipinski definition) is 6. The van der Waals surface area contributed by atoms with Crippen molar-refractivity contribution < 1.29 is 19.2 Å². The fraction of sp³-hybridized carbons (Fsp3) is 0.440. The molecule has 2 saturated heterocycles. The minimum atomic E-state index is -0.557. The summed E-state index contributed by atoms with van der Waals surface area (Å²) in [6, 6.07) is 24.5. The average molecular weight is 983 g/mol. The molecule has 10 rings (SSSR count). The lowest BCUT2D eigenvalue weighted by Gasteiger charge is -2.54. The Balaban J connectivity index is 0.000000171. The Hall–Kier alpha value is -3.64. The molecule has 64 heavy (non-hydrogen) atoms. The van der Waals surface area contributed by atoms with Crippen LogP contribution in [-0.2, 0) is 33.5 Å². The first kappa shape index (κ1) is 48.3. The van der Waals surface area contributed by atoms with E-state index in [-0.39, 0.29) is 45.9 Å². The molecule has 2 N–H and O–H groups in total. The third-order valence-corrected chi connectivity index (χ3v) is 15.4. The van der Waals surface area contributed by atoms with Crippen LogP contribution in [0.2, 0.25) is 0 Å². The predicted molar refractivity (Wildman–Crippen MR) is 266 cm³/mol. The van der Waals surface area contributed by atoms with Crippen LogP contribution >= 0.6 is 69.1 Å². The summed E-state index contributed by atoms with van der Waals surface area (Å²) in [6.07, 6.45) is 9.61. The largest absolute Gasteiger partial charge is 0.356 e. The molecule has 4 aliphatic rings. The zero-order valence-electron chi connectivity index (χ0n) is 36.4. The van der Waals surface area contributed by atoms with Crippen LogP contribution in [0.5, 0.6) is 0 Å². The number of hydrogen-bond donors (Lipinski definition) is 2. The molecule has 2 fully saturated rings. The zero-order valence-corrected chi connectivity index (χ0v) is 41.1. The van der Waals surface area contributed by atoms with Crippen LogP contribution in [0.3, 0.4) is 0 Å². The van der Waals surface area contributed by atoms with E-state index < -0.39 is 11.1 Å². The number of amides is 2. The van der Waals surface area contributed by atoms with Crippen molar-refractivity contribution in [2.24, 2.45) is 11.8 Å². The van der Waals surface area contributed by atoms with Gasteiger partial charge in [0.05, 0.1) is 43.3 Å². The molecule has 2 aromatic carbocycles. The smallest absolute Gasteiger partial charge is 0.223 e. The van der Waals surface area contributed by atoms with Crippen molar-refractivity contribution in [2.75, 3.05) is 23.8 Å². The summed E-state index contributed by atoms with van der Waals surface area (Å²) < 4.78 is 0. The third-order valence-electron chi connectivity index (χ3n) is 13.7. The molecule has 0 spiro atoms. The van der Waals surface area contributed by atoms with Crippen LogP contribution in [0.4, 0.5) is 0 Å². The molecule has 14 heteroatoms. The molecule has 0 aliphatic carbocycles. The number of halogens is 4. The summed E-state index contributed by atoms with van der Waals surface area (Å²) in [5.74, 6) is 0.386. The second-order valence-electron chi connectivity index (χ2n) is 16.8. The van der Waals surface area contributed by atoms with Gasteiger partial charge in [0, 0.05) is 59.1 Å². The fourth-order valence-electron chi connectivity index (χ4n) is 11.1. The fourth-order valence-corrected chi connectivity index (χ4v) is 12.6. The van der Waals surface area contributed by atoms with Crippen molar-refractivity contribution in [3.63, 3.8) is 0 Å². The molecule has 0 bridgehead atoms. The van der Waals surface area contributed by atoms with E-state index in [1.165, 1.54) is 44.6 Å². The Labute approximate surface area is 404 Å². The molecule has 4 atom stereocenters. The molecule has 340 valence electrons. The number of carbonyl (C=O) groups is 4. The molecule has 2 amide bonds. The van der Waals surface area contributed by atoms with Crippen LogP contribution < -0.4 is 0 Å². The molecule has 8 heterocycles. The summed E-state index contributed by atoms with van der Waals surface area (Å²) in [4.78, 5) is 66.6. The van der Waals surface area contributed by atoms with Crippen molar-refractivity contribution in [1.29, 1.82) is 0 Å². The first-order valence-corrected chi connectivity index (χ1v) is 26.3. The van der Waals surface area contributed by atoms with E-state index in [0.717, 1.165) is 83.5 Å². The van der Waals surface area contributed by atoms with Crippen LogP contribution in [-0.4, -0.2) is 66.9 Å². The van der Waals surface area contributed by atoms with Gasteiger partial charge in [-0.3, -0.25) is 19.2 Å². The number of Topliss-reactive ketones (excluding diaryl/α,β-unsaturated/α-hetero) is 2. The quantitative estimate of drug-likeness (QED) is 0.105. The molecule has 0 radical (unpaired) electrons. The number of nitrogens with one attached hydrogen (secondary N) is 2. The van der Waals surface area contributed by atoms with E-state index in [0.29, 0.717) is 38.8 Å². The van der Waals surface area contributed by atoms with Crippen LogP contribution in [0, 0.1) is 11.8 Å². The Kier molecular flexibility index (Phi) is 16.4. The summed E-state index contributed by atoms with van der Waals surface area (Å²) >= 11 is 22.1. The molecule has 4 aliphatic heterocycles. The summed E-state index contributed by atoms with van der Waals surface area (Å²) in [6.45, 7) is 5.75. The standard InChI is InChI=1S/2C24H26N2O2S.2CH2Cl2/c2*1-2-3-13-24-18(22(28)20-9-6-15-29-20)10-11-21(27)26(24)14-12-17-16-7-4-5-8-19(16)25-23(17)24;2*2-1-3/h2*4-9,15,18,25H,2-3,10-14H2,1H3;2*1H2/t2*18-,24+;;/m11../s1. The number of aromatic amines is 2. The molecule has 6 aromatic rings. The van der Waals surface area contributed by atoms with Crippen LogP contribution in [0.25, 0.3) is 21.8 Å². The van der Waals surface area contributed by atoms with Gasteiger partial charge in [0.15, 0.2) is 11.6 Å². The summed E-state index contributed by atoms with van der Waals surface area (Å²) in [5, 5.41) is 6.79. The number of alkyl halides is 4. The number of aromatic nitrogens is 2. The lowest BCUT2D eigenvalue weighted by molar-refractivity contribution is -0.148. The Morgan fingerprint density at radius 1 is 0.609 bits per heavy atom. The van der Waals surface area contributed by atoms with Gasteiger partial charge < -0.3 is 19.8 Å². The number of H-pyrrole nitrogens is 2. The molecule has 4 aromatic heterocycles. The van der Waals surface area contributed by atoms with Crippen LogP contribution in [0.1, 0.15) is 120 Å². The first-order chi connectivity index (χ1) is 31.2. The topological polar surface area (TPSA) is 106 Å². The van der Waals surface area contributed by atoms with Gasteiger partial charge in [-0.25, -0.2) is 0 Å². The number of ketones is 2. The molecular weight excluding hydrogens is 927 g/mol. The summed E-state index contributed by atoms with van der Waals surface area (Å²) in [5.41, 5.74) is 5.92. The van der Waals surface area contributed by atoms with E-state index in [2.05, 4.69) is 70.0 Å². The predicted octanol–water partition coefficient (Wildman–Crippen LogP) is 13.4. The molecule has 8 nitrogen and oxygen atoms in total. The van der Waals surface area contributed by atoms with E-state index in [4.69, 9.17) is 46.4 Å². The number of benzene rings is 2. The summed E-state index contributed by atoms with van der Waals surface area (Å²) in [7, 11) is 0.